The fourth-order valence-electron chi connectivity index (χ4n) is 3.53. The zero-order valence-corrected chi connectivity index (χ0v) is 15.5. The van der Waals surface area contributed by atoms with Crippen LogP contribution in [0.3, 0.4) is 0 Å². The molecule has 1 aromatic carbocycles. The van der Waals surface area contributed by atoms with Crippen LogP contribution in [0.25, 0.3) is 11.0 Å². The first-order valence-corrected chi connectivity index (χ1v) is 8.96. The highest BCUT2D eigenvalue weighted by atomic mass is 35.5. The number of amides is 1. The summed E-state index contributed by atoms with van der Waals surface area (Å²) in [5, 5.41) is 0.562. The molecule has 3 aromatic rings. The van der Waals surface area contributed by atoms with Crippen LogP contribution < -0.4 is 0 Å². The molecule has 0 aliphatic carbocycles. The Morgan fingerprint density at radius 3 is 2.96 bits per heavy atom. The van der Waals surface area contributed by atoms with Gasteiger partial charge in [0.25, 0.3) is 5.91 Å². The molecular formula is C19H20ClN5O. The minimum absolute atomic E-state index is 0.0568. The maximum absolute atomic E-state index is 13.2. The van der Waals surface area contributed by atoms with Crippen LogP contribution in [0.15, 0.2) is 36.5 Å². The zero-order chi connectivity index (χ0) is 18.3. The smallest absolute Gasteiger partial charge is 0.290 e. The van der Waals surface area contributed by atoms with E-state index in [1.807, 2.05) is 43.4 Å². The lowest BCUT2D eigenvalue weighted by Gasteiger charge is -2.37. The first-order valence-electron chi connectivity index (χ1n) is 8.58. The third-order valence-electron chi connectivity index (χ3n) is 4.72. The van der Waals surface area contributed by atoms with Crippen molar-refractivity contribution in [3.05, 3.63) is 58.6 Å². The number of pyridine rings is 1. The Kier molecular flexibility index (Phi) is 4.38. The number of rotatable bonds is 3. The van der Waals surface area contributed by atoms with E-state index in [0.717, 1.165) is 24.2 Å². The number of hydrogen-bond donors (Lipinski definition) is 1. The number of imidazole rings is 1. The molecule has 1 aliphatic heterocycles. The molecule has 0 fully saturated rings. The fraction of sp³-hybridized carbons (Fsp3) is 0.316. The summed E-state index contributed by atoms with van der Waals surface area (Å²) in [7, 11) is 4.02. The van der Waals surface area contributed by atoms with Crippen LogP contribution in [0.2, 0.25) is 5.02 Å². The van der Waals surface area contributed by atoms with Crippen LogP contribution in [0.5, 0.6) is 0 Å². The van der Waals surface area contributed by atoms with Gasteiger partial charge < -0.3 is 14.8 Å². The van der Waals surface area contributed by atoms with Gasteiger partial charge in [-0.2, -0.15) is 0 Å². The standard InChI is InChI=1S/C19H20ClN5O/c1-24(2)11-16-12-5-4-9-21-14(12)8-10-25(16)19(26)18-22-15-7-3-6-13(20)17(15)23-18/h3-7,9,16H,8,10-11H2,1-2H3,(H,22,23). The maximum Gasteiger partial charge on any atom is 0.290 e. The van der Waals surface area contributed by atoms with Gasteiger partial charge >= 0.3 is 0 Å². The van der Waals surface area contributed by atoms with Gasteiger partial charge in [-0.25, -0.2) is 4.98 Å². The molecule has 0 bridgehead atoms. The molecule has 1 unspecified atom stereocenters. The Morgan fingerprint density at radius 1 is 1.35 bits per heavy atom. The number of likely N-dealkylation sites (N-methyl/N-ethyl adjacent to an activating group) is 1. The number of benzene rings is 1. The van der Waals surface area contributed by atoms with Crippen LogP contribution in [-0.2, 0) is 6.42 Å². The summed E-state index contributed by atoms with van der Waals surface area (Å²) in [6, 6.07) is 9.40. The number of H-pyrrole nitrogens is 1. The summed E-state index contributed by atoms with van der Waals surface area (Å²) < 4.78 is 0. The lowest BCUT2D eigenvalue weighted by Crippen LogP contribution is -2.44. The second-order valence-corrected chi connectivity index (χ2v) is 7.19. The number of nitrogens with zero attached hydrogens (tertiary/aromatic N) is 4. The van der Waals surface area contributed by atoms with Crippen LogP contribution in [0.1, 0.15) is 27.9 Å². The monoisotopic (exact) mass is 369 g/mol. The van der Waals surface area contributed by atoms with E-state index in [9.17, 15) is 4.79 Å². The van der Waals surface area contributed by atoms with Gasteiger partial charge in [-0.1, -0.05) is 23.7 Å². The van der Waals surface area contributed by atoms with Crippen molar-refractivity contribution in [2.75, 3.05) is 27.2 Å². The molecule has 0 saturated heterocycles. The molecule has 134 valence electrons. The van der Waals surface area contributed by atoms with Crippen LogP contribution in [-0.4, -0.2) is 57.8 Å². The van der Waals surface area contributed by atoms with Gasteiger partial charge in [0.1, 0.15) is 0 Å². The van der Waals surface area contributed by atoms with Crippen LogP contribution in [0.4, 0.5) is 0 Å². The largest absolute Gasteiger partial charge is 0.333 e. The number of carbonyl (C=O) groups is 1. The highest BCUT2D eigenvalue weighted by molar-refractivity contribution is 6.35. The minimum Gasteiger partial charge on any atom is -0.333 e. The number of halogens is 1. The van der Waals surface area contributed by atoms with Gasteiger partial charge in [-0.05, 0) is 37.9 Å². The van der Waals surface area contributed by atoms with Gasteiger partial charge in [0.15, 0.2) is 5.82 Å². The lowest BCUT2D eigenvalue weighted by molar-refractivity contribution is 0.0615. The Hall–Kier alpha value is -2.44. The molecule has 4 rings (SSSR count). The first-order chi connectivity index (χ1) is 12.5. The predicted octanol–water partition coefficient (Wildman–Crippen LogP) is 2.91. The molecular weight excluding hydrogens is 350 g/mol. The van der Waals surface area contributed by atoms with E-state index in [1.165, 1.54) is 0 Å². The van der Waals surface area contributed by atoms with Crippen molar-refractivity contribution in [3.8, 4) is 0 Å². The number of aromatic nitrogens is 3. The summed E-state index contributed by atoms with van der Waals surface area (Å²) in [5.74, 6) is 0.211. The maximum atomic E-state index is 13.2. The molecule has 3 heterocycles. The van der Waals surface area contributed by atoms with Crippen molar-refractivity contribution in [1.29, 1.82) is 0 Å². The van der Waals surface area contributed by atoms with E-state index in [-0.39, 0.29) is 11.9 Å². The molecule has 26 heavy (non-hydrogen) atoms. The molecule has 1 aliphatic rings. The van der Waals surface area contributed by atoms with Crippen LogP contribution in [0, 0.1) is 0 Å². The van der Waals surface area contributed by atoms with Gasteiger partial charge in [0.2, 0.25) is 0 Å². The minimum atomic E-state index is -0.112. The second kappa shape index (κ2) is 6.70. The number of hydrogen-bond acceptors (Lipinski definition) is 4. The zero-order valence-electron chi connectivity index (χ0n) is 14.7. The molecule has 1 N–H and O–H groups in total. The molecule has 1 atom stereocenters. The number of aromatic amines is 1. The number of nitrogens with one attached hydrogen (secondary N) is 1. The number of para-hydroxylation sites is 1. The van der Waals surface area contributed by atoms with E-state index in [4.69, 9.17) is 11.6 Å². The van der Waals surface area contributed by atoms with E-state index in [0.29, 0.717) is 28.4 Å². The van der Waals surface area contributed by atoms with E-state index in [1.54, 1.807) is 6.07 Å². The molecule has 0 radical (unpaired) electrons. The summed E-state index contributed by atoms with van der Waals surface area (Å²) in [6.45, 7) is 1.34. The topological polar surface area (TPSA) is 65.1 Å². The van der Waals surface area contributed by atoms with Crippen molar-refractivity contribution >= 4 is 28.5 Å². The van der Waals surface area contributed by atoms with Crippen molar-refractivity contribution < 1.29 is 4.79 Å². The summed E-state index contributed by atoms with van der Waals surface area (Å²) in [6.07, 6.45) is 2.55. The molecule has 6 nitrogen and oxygen atoms in total. The number of carbonyl (C=O) groups excluding carboxylic acids is 1. The van der Waals surface area contributed by atoms with Gasteiger partial charge in [-0.15, -0.1) is 0 Å². The summed E-state index contributed by atoms with van der Waals surface area (Å²) in [4.78, 5) is 29.2. The van der Waals surface area contributed by atoms with Gasteiger partial charge in [0, 0.05) is 31.4 Å². The average molecular weight is 370 g/mol. The highest BCUT2D eigenvalue weighted by Gasteiger charge is 2.33. The lowest BCUT2D eigenvalue weighted by atomic mass is 9.96. The van der Waals surface area contributed by atoms with Crippen molar-refractivity contribution in [1.82, 2.24) is 24.8 Å². The fourth-order valence-corrected chi connectivity index (χ4v) is 3.75. The van der Waals surface area contributed by atoms with Crippen molar-refractivity contribution in [2.45, 2.75) is 12.5 Å². The summed E-state index contributed by atoms with van der Waals surface area (Å²) >= 11 is 6.21. The third-order valence-corrected chi connectivity index (χ3v) is 5.03. The predicted molar refractivity (Wildman–Crippen MR) is 101 cm³/mol. The Balaban J connectivity index is 1.72. The molecule has 1 amide bonds. The van der Waals surface area contributed by atoms with Gasteiger partial charge in [-0.3, -0.25) is 9.78 Å². The van der Waals surface area contributed by atoms with E-state index >= 15 is 0 Å². The molecule has 0 spiro atoms. The van der Waals surface area contributed by atoms with E-state index < -0.39 is 0 Å². The Morgan fingerprint density at radius 2 is 2.19 bits per heavy atom. The number of fused-ring (bicyclic) bond motifs is 2. The Bertz CT molecular complexity index is 967. The second-order valence-electron chi connectivity index (χ2n) is 6.79. The van der Waals surface area contributed by atoms with Crippen LogP contribution >= 0.6 is 11.6 Å². The molecule has 2 aromatic heterocycles. The van der Waals surface area contributed by atoms with E-state index in [2.05, 4.69) is 25.9 Å². The summed E-state index contributed by atoms with van der Waals surface area (Å²) in [5.41, 5.74) is 3.57. The third kappa shape index (κ3) is 2.95. The average Bonchev–Trinajstić information content (AvgIpc) is 3.07. The SMILES string of the molecule is CN(C)CC1c2cccnc2CCN1C(=O)c1nc2cccc(Cl)c2[nH]1. The molecule has 7 heteroatoms. The first kappa shape index (κ1) is 17.0. The van der Waals surface area contributed by atoms with Crippen molar-refractivity contribution in [3.63, 3.8) is 0 Å². The Labute approximate surface area is 156 Å². The quantitative estimate of drug-likeness (QED) is 0.771. The molecule has 0 saturated carbocycles. The van der Waals surface area contributed by atoms with Gasteiger partial charge in [0.05, 0.1) is 22.1 Å². The van der Waals surface area contributed by atoms with Crippen molar-refractivity contribution in [2.24, 2.45) is 0 Å². The highest BCUT2D eigenvalue weighted by Crippen LogP contribution is 2.30. The normalized spacial score (nSPS) is 16.9.